The molecule has 0 aromatic carbocycles. The van der Waals surface area contributed by atoms with Gasteiger partial charge in [0.05, 0.1) is 12.1 Å². The van der Waals surface area contributed by atoms with Gasteiger partial charge in [0.1, 0.15) is 0 Å². The number of rotatable bonds is 4. The Kier molecular flexibility index (Phi) is 4.31. The van der Waals surface area contributed by atoms with E-state index >= 15 is 0 Å². The van der Waals surface area contributed by atoms with E-state index in [2.05, 4.69) is 41.0 Å². The Morgan fingerprint density at radius 1 is 1.44 bits per heavy atom. The molecule has 6 nitrogen and oxygen atoms in total. The molecule has 1 fully saturated rings. The van der Waals surface area contributed by atoms with Crippen LogP contribution in [0.3, 0.4) is 0 Å². The van der Waals surface area contributed by atoms with Crippen molar-refractivity contribution in [1.82, 2.24) is 19.9 Å². The first-order valence-corrected chi connectivity index (χ1v) is 6.59. The predicted molar refractivity (Wildman–Crippen MR) is 69.0 cm³/mol. The van der Waals surface area contributed by atoms with Gasteiger partial charge in [0.15, 0.2) is 5.82 Å². The van der Waals surface area contributed by atoms with Gasteiger partial charge in [0.25, 0.3) is 0 Å². The molecule has 0 bridgehead atoms. The van der Waals surface area contributed by atoms with E-state index in [1.54, 1.807) is 0 Å². The maximum atomic E-state index is 5.99. The van der Waals surface area contributed by atoms with E-state index in [0.29, 0.717) is 5.89 Å². The van der Waals surface area contributed by atoms with Gasteiger partial charge < -0.3 is 15.2 Å². The Morgan fingerprint density at radius 3 is 2.94 bits per heavy atom. The van der Waals surface area contributed by atoms with Gasteiger partial charge in [-0.3, -0.25) is 4.90 Å². The highest BCUT2D eigenvalue weighted by Crippen LogP contribution is 2.22. The average molecular weight is 253 g/mol. The topological polar surface area (TPSA) is 71.4 Å². The molecule has 2 heterocycles. The van der Waals surface area contributed by atoms with Crippen molar-refractivity contribution in [2.24, 2.45) is 5.73 Å². The van der Waals surface area contributed by atoms with Crippen molar-refractivity contribution >= 4 is 0 Å². The fourth-order valence-corrected chi connectivity index (χ4v) is 2.26. The van der Waals surface area contributed by atoms with Crippen LogP contribution in [0.4, 0.5) is 0 Å². The molecule has 102 valence electrons. The molecule has 6 heteroatoms. The Labute approximate surface area is 108 Å². The van der Waals surface area contributed by atoms with Crippen LogP contribution in [0, 0.1) is 0 Å². The van der Waals surface area contributed by atoms with Gasteiger partial charge in [-0.05, 0) is 20.5 Å². The summed E-state index contributed by atoms with van der Waals surface area (Å²) in [4.78, 5) is 9.01. The molecule has 1 aliphatic rings. The Balaban J connectivity index is 2.08. The quantitative estimate of drug-likeness (QED) is 0.855. The highest BCUT2D eigenvalue weighted by atomic mass is 16.5. The second kappa shape index (κ2) is 5.77. The van der Waals surface area contributed by atoms with Crippen LogP contribution >= 0.6 is 0 Å². The van der Waals surface area contributed by atoms with Crippen molar-refractivity contribution in [1.29, 1.82) is 0 Å². The summed E-state index contributed by atoms with van der Waals surface area (Å²) in [6.45, 7) is 5.12. The van der Waals surface area contributed by atoms with Crippen LogP contribution in [0.1, 0.15) is 43.6 Å². The van der Waals surface area contributed by atoms with Gasteiger partial charge in [-0.25, -0.2) is 0 Å². The van der Waals surface area contributed by atoms with E-state index in [-0.39, 0.29) is 12.1 Å². The molecule has 1 unspecified atom stereocenters. The minimum atomic E-state index is -0.136. The third kappa shape index (κ3) is 2.88. The molecular weight excluding hydrogens is 230 g/mol. The highest BCUT2D eigenvalue weighted by Gasteiger charge is 2.28. The molecule has 2 atom stereocenters. The van der Waals surface area contributed by atoms with Crippen molar-refractivity contribution in [2.45, 2.75) is 31.8 Å². The van der Waals surface area contributed by atoms with Crippen LogP contribution in [0.25, 0.3) is 0 Å². The van der Waals surface area contributed by atoms with Gasteiger partial charge in [0, 0.05) is 19.6 Å². The monoisotopic (exact) mass is 253 g/mol. The number of nitrogens with two attached hydrogens (primary N) is 1. The van der Waals surface area contributed by atoms with Gasteiger partial charge in [-0.1, -0.05) is 18.5 Å². The lowest BCUT2D eigenvalue weighted by Gasteiger charge is -2.35. The molecule has 1 saturated heterocycles. The maximum absolute atomic E-state index is 5.99. The largest absolute Gasteiger partial charge is 0.338 e. The summed E-state index contributed by atoms with van der Waals surface area (Å²) < 4.78 is 5.28. The molecule has 0 amide bonds. The first-order chi connectivity index (χ1) is 8.61. The number of hydrogen-bond acceptors (Lipinski definition) is 6. The Bertz CT molecular complexity index is 380. The molecule has 0 spiro atoms. The highest BCUT2D eigenvalue weighted by molar-refractivity contribution is 5.00. The normalized spacial score (nSPS) is 24.3. The molecule has 1 aromatic rings. The SMILES string of the molecule is CCC[C@H](N)c1nc(C2CN(C)CCN2C)no1. The third-order valence-corrected chi connectivity index (χ3v) is 3.52. The van der Waals surface area contributed by atoms with E-state index in [1.165, 1.54) is 0 Å². The van der Waals surface area contributed by atoms with Crippen LogP contribution in [-0.2, 0) is 0 Å². The zero-order valence-electron chi connectivity index (χ0n) is 11.5. The molecule has 2 rings (SSSR count). The Hall–Kier alpha value is -0.980. The molecule has 1 aliphatic heterocycles. The van der Waals surface area contributed by atoms with Crippen molar-refractivity contribution in [3.8, 4) is 0 Å². The average Bonchev–Trinajstić information content (AvgIpc) is 2.82. The molecule has 18 heavy (non-hydrogen) atoms. The third-order valence-electron chi connectivity index (χ3n) is 3.52. The van der Waals surface area contributed by atoms with Crippen molar-refractivity contribution in [2.75, 3.05) is 33.7 Å². The summed E-state index contributed by atoms with van der Waals surface area (Å²) in [7, 11) is 4.21. The fourth-order valence-electron chi connectivity index (χ4n) is 2.26. The molecule has 1 aromatic heterocycles. The Morgan fingerprint density at radius 2 is 2.22 bits per heavy atom. The van der Waals surface area contributed by atoms with E-state index in [1.807, 2.05) is 0 Å². The van der Waals surface area contributed by atoms with Crippen LogP contribution in [-0.4, -0.2) is 53.7 Å². The van der Waals surface area contributed by atoms with Gasteiger partial charge in [0.2, 0.25) is 5.89 Å². The smallest absolute Gasteiger partial charge is 0.243 e. The van der Waals surface area contributed by atoms with E-state index in [4.69, 9.17) is 10.3 Å². The number of nitrogens with zero attached hydrogens (tertiary/aromatic N) is 4. The van der Waals surface area contributed by atoms with Crippen molar-refractivity contribution in [3.05, 3.63) is 11.7 Å². The molecule has 0 saturated carbocycles. The van der Waals surface area contributed by atoms with Gasteiger partial charge >= 0.3 is 0 Å². The number of likely N-dealkylation sites (N-methyl/N-ethyl adjacent to an activating group) is 2. The minimum absolute atomic E-state index is 0.136. The fraction of sp³-hybridized carbons (Fsp3) is 0.833. The zero-order valence-corrected chi connectivity index (χ0v) is 11.5. The summed E-state index contributed by atoms with van der Waals surface area (Å²) >= 11 is 0. The molecular formula is C12H23N5O. The zero-order chi connectivity index (χ0) is 13.1. The van der Waals surface area contributed by atoms with E-state index < -0.39 is 0 Å². The number of piperazine rings is 1. The number of hydrogen-bond donors (Lipinski definition) is 1. The van der Waals surface area contributed by atoms with Gasteiger partial charge in [-0.2, -0.15) is 4.98 Å². The summed E-state index contributed by atoms with van der Waals surface area (Å²) in [6.07, 6.45) is 1.90. The summed E-state index contributed by atoms with van der Waals surface area (Å²) in [5.41, 5.74) is 5.99. The number of aromatic nitrogens is 2. The van der Waals surface area contributed by atoms with Crippen LogP contribution in [0.5, 0.6) is 0 Å². The van der Waals surface area contributed by atoms with Crippen LogP contribution < -0.4 is 5.73 Å². The van der Waals surface area contributed by atoms with E-state index in [9.17, 15) is 0 Å². The summed E-state index contributed by atoms with van der Waals surface area (Å²) in [6, 6.07) is 0.0675. The van der Waals surface area contributed by atoms with Crippen LogP contribution in [0.2, 0.25) is 0 Å². The van der Waals surface area contributed by atoms with Crippen molar-refractivity contribution in [3.63, 3.8) is 0 Å². The van der Waals surface area contributed by atoms with Gasteiger partial charge in [-0.15, -0.1) is 0 Å². The lowest BCUT2D eigenvalue weighted by atomic mass is 10.1. The van der Waals surface area contributed by atoms with Crippen molar-refractivity contribution < 1.29 is 4.52 Å². The first kappa shape index (κ1) is 13.5. The predicted octanol–water partition coefficient (Wildman–Crippen LogP) is 0.788. The second-order valence-corrected chi connectivity index (χ2v) is 5.14. The van der Waals surface area contributed by atoms with E-state index in [0.717, 1.165) is 38.3 Å². The van der Waals surface area contributed by atoms with Crippen LogP contribution in [0.15, 0.2) is 4.52 Å². The lowest BCUT2D eigenvalue weighted by molar-refractivity contribution is 0.108. The lowest BCUT2D eigenvalue weighted by Crippen LogP contribution is -2.45. The maximum Gasteiger partial charge on any atom is 0.243 e. The second-order valence-electron chi connectivity index (χ2n) is 5.14. The summed E-state index contributed by atoms with van der Waals surface area (Å²) in [5, 5.41) is 4.09. The first-order valence-electron chi connectivity index (χ1n) is 6.59. The molecule has 0 radical (unpaired) electrons. The molecule has 2 N–H and O–H groups in total. The summed E-state index contributed by atoms with van der Waals surface area (Å²) in [5.74, 6) is 1.32. The molecule has 0 aliphatic carbocycles. The minimum Gasteiger partial charge on any atom is -0.338 e. The standard InChI is InChI=1S/C12H23N5O/c1-4-5-9(13)12-14-11(15-18-12)10-8-16(2)6-7-17(10)3/h9-10H,4-8,13H2,1-3H3/t9-,10?/m0/s1.